The summed E-state index contributed by atoms with van der Waals surface area (Å²) in [5.41, 5.74) is 0. The molecule has 1 aromatic carbocycles. The molecule has 0 bridgehead atoms. The second kappa shape index (κ2) is 3.57. The van der Waals surface area contributed by atoms with Crippen molar-refractivity contribution in [1.82, 2.24) is 0 Å². The molecule has 0 atom stereocenters. The Kier molecular flexibility index (Phi) is 2.97. The molecule has 0 spiro atoms. The van der Waals surface area contributed by atoms with Crippen molar-refractivity contribution in [2.24, 2.45) is 0 Å². The molecule has 0 heterocycles. The van der Waals surface area contributed by atoms with Crippen molar-refractivity contribution in [2.75, 3.05) is 7.11 Å². The third kappa shape index (κ3) is 1.85. The molecule has 0 amide bonds. The van der Waals surface area contributed by atoms with E-state index in [-0.39, 0.29) is 0 Å². The molecule has 53 valence electrons. The van der Waals surface area contributed by atoms with Crippen molar-refractivity contribution in [3.8, 4) is 5.75 Å². The predicted molar refractivity (Wildman–Crippen MR) is 52.2 cm³/mol. The smallest absolute Gasteiger partial charge is 0.133 e. The van der Waals surface area contributed by atoms with Crippen LogP contribution in [0, 0.1) is 9.64 Å². The zero-order valence-corrected chi connectivity index (χ0v) is 9.06. The highest BCUT2D eigenvalue weighted by Gasteiger charge is 1.97. The van der Waals surface area contributed by atoms with Gasteiger partial charge in [0.1, 0.15) is 5.75 Å². The standard InChI is InChI=1S/C7H5BrIO/c1-10-7-3-2-5(9)4-6(7)8/h3-4H,1H3. The van der Waals surface area contributed by atoms with Crippen molar-refractivity contribution < 1.29 is 4.74 Å². The van der Waals surface area contributed by atoms with Crippen molar-refractivity contribution in [3.05, 3.63) is 26.2 Å². The minimum Gasteiger partial charge on any atom is -0.496 e. The van der Waals surface area contributed by atoms with E-state index < -0.39 is 0 Å². The first-order valence-electron chi connectivity index (χ1n) is 2.65. The maximum Gasteiger partial charge on any atom is 0.133 e. The van der Waals surface area contributed by atoms with Crippen LogP contribution in [0.2, 0.25) is 0 Å². The fourth-order valence-corrected chi connectivity index (χ4v) is 1.98. The molecule has 1 aromatic rings. The number of benzene rings is 1. The molecule has 0 fully saturated rings. The summed E-state index contributed by atoms with van der Waals surface area (Å²) in [6.45, 7) is 0. The molecular formula is C7H5BrIO. The van der Waals surface area contributed by atoms with E-state index in [0.717, 1.165) is 13.8 Å². The molecule has 1 radical (unpaired) electrons. The van der Waals surface area contributed by atoms with Crippen molar-refractivity contribution in [1.29, 1.82) is 0 Å². The molecule has 0 aliphatic carbocycles. The number of rotatable bonds is 1. The molecule has 1 rings (SSSR count). The fourth-order valence-electron chi connectivity index (χ4n) is 0.584. The van der Waals surface area contributed by atoms with Gasteiger partial charge in [-0.05, 0) is 56.7 Å². The van der Waals surface area contributed by atoms with E-state index in [1.54, 1.807) is 7.11 Å². The Bertz CT molecular complexity index is 237. The Hall–Kier alpha value is 0.230. The molecule has 0 aromatic heterocycles. The van der Waals surface area contributed by atoms with Crippen LogP contribution in [0.4, 0.5) is 0 Å². The Morgan fingerprint density at radius 1 is 1.70 bits per heavy atom. The average Bonchev–Trinajstić information content (AvgIpc) is 1.88. The summed E-state index contributed by atoms with van der Waals surface area (Å²) in [6.07, 6.45) is 0. The lowest BCUT2D eigenvalue weighted by atomic mass is 10.3. The largest absolute Gasteiger partial charge is 0.496 e. The van der Waals surface area contributed by atoms with Gasteiger partial charge in [0.25, 0.3) is 0 Å². The van der Waals surface area contributed by atoms with Crippen molar-refractivity contribution in [3.63, 3.8) is 0 Å². The van der Waals surface area contributed by atoms with Crippen LogP contribution in [-0.2, 0) is 0 Å². The summed E-state index contributed by atoms with van der Waals surface area (Å²) in [5.74, 6) is 0.820. The van der Waals surface area contributed by atoms with Gasteiger partial charge in [-0.3, -0.25) is 0 Å². The first-order valence-corrected chi connectivity index (χ1v) is 4.52. The van der Waals surface area contributed by atoms with E-state index in [4.69, 9.17) is 4.74 Å². The van der Waals surface area contributed by atoms with E-state index in [0.29, 0.717) is 0 Å². The quantitative estimate of drug-likeness (QED) is 0.725. The van der Waals surface area contributed by atoms with Crippen LogP contribution in [-0.4, -0.2) is 7.11 Å². The van der Waals surface area contributed by atoms with E-state index in [1.165, 1.54) is 0 Å². The van der Waals surface area contributed by atoms with E-state index in [9.17, 15) is 0 Å². The summed E-state index contributed by atoms with van der Waals surface area (Å²) < 4.78 is 7.06. The normalized spacial score (nSPS) is 9.50. The lowest BCUT2D eigenvalue weighted by molar-refractivity contribution is 0.412. The van der Waals surface area contributed by atoms with Gasteiger partial charge in [0, 0.05) is 3.57 Å². The Morgan fingerprint density at radius 3 is 2.90 bits per heavy atom. The minimum absolute atomic E-state index is 0.820. The Balaban J connectivity index is 3.07. The molecule has 0 N–H and O–H groups in total. The summed E-state index contributed by atoms with van der Waals surface area (Å²) in [7, 11) is 1.64. The Morgan fingerprint density at radius 2 is 2.40 bits per heavy atom. The molecule has 3 heteroatoms. The fraction of sp³-hybridized carbons (Fsp3) is 0.143. The van der Waals surface area contributed by atoms with Gasteiger partial charge < -0.3 is 4.74 Å². The van der Waals surface area contributed by atoms with Gasteiger partial charge in [-0.2, -0.15) is 0 Å². The van der Waals surface area contributed by atoms with E-state index >= 15 is 0 Å². The van der Waals surface area contributed by atoms with Crippen LogP contribution in [0.1, 0.15) is 0 Å². The van der Waals surface area contributed by atoms with Gasteiger partial charge in [-0.1, -0.05) is 0 Å². The second-order valence-corrected chi connectivity index (χ2v) is 3.71. The first kappa shape index (κ1) is 8.33. The van der Waals surface area contributed by atoms with Crippen LogP contribution in [0.3, 0.4) is 0 Å². The molecular weight excluding hydrogens is 307 g/mol. The van der Waals surface area contributed by atoms with Gasteiger partial charge in [-0.15, -0.1) is 0 Å². The van der Waals surface area contributed by atoms with Gasteiger partial charge in [0.2, 0.25) is 0 Å². The number of hydrogen-bond donors (Lipinski definition) is 0. The number of hydrogen-bond acceptors (Lipinski definition) is 1. The molecule has 0 unspecified atom stereocenters. The Labute approximate surface area is 82.0 Å². The lowest BCUT2D eigenvalue weighted by Crippen LogP contribution is -1.83. The maximum absolute atomic E-state index is 5.02. The molecule has 1 nitrogen and oxygen atoms in total. The van der Waals surface area contributed by atoms with Gasteiger partial charge >= 0.3 is 0 Å². The van der Waals surface area contributed by atoms with Crippen molar-refractivity contribution >= 4 is 38.5 Å². The number of ether oxygens (including phenoxy) is 1. The zero-order chi connectivity index (χ0) is 7.56. The zero-order valence-electron chi connectivity index (χ0n) is 5.32. The summed E-state index contributed by atoms with van der Waals surface area (Å²) in [4.78, 5) is 0. The van der Waals surface area contributed by atoms with Crippen LogP contribution in [0.15, 0.2) is 16.6 Å². The third-order valence-corrected chi connectivity index (χ3v) is 2.29. The van der Waals surface area contributed by atoms with Gasteiger partial charge in [0.15, 0.2) is 0 Å². The second-order valence-electron chi connectivity index (χ2n) is 1.70. The molecule has 0 saturated heterocycles. The van der Waals surface area contributed by atoms with E-state index in [1.807, 2.05) is 12.1 Å². The topological polar surface area (TPSA) is 9.23 Å². The van der Waals surface area contributed by atoms with Gasteiger partial charge in [-0.25, -0.2) is 0 Å². The van der Waals surface area contributed by atoms with Crippen LogP contribution >= 0.6 is 38.5 Å². The van der Waals surface area contributed by atoms with Crippen LogP contribution in [0.25, 0.3) is 0 Å². The predicted octanol–water partition coefficient (Wildman–Crippen LogP) is 2.86. The number of halogens is 2. The highest BCUT2D eigenvalue weighted by atomic mass is 127. The highest BCUT2D eigenvalue weighted by Crippen LogP contribution is 2.25. The average molecular weight is 312 g/mol. The molecule has 0 aliphatic heterocycles. The van der Waals surface area contributed by atoms with Crippen LogP contribution < -0.4 is 4.74 Å². The number of methoxy groups -OCH3 is 1. The van der Waals surface area contributed by atoms with Gasteiger partial charge in [0.05, 0.1) is 11.6 Å². The summed E-state index contributed by atoms with van der Waals surface area (Å²) >= 11 is 5.55. The SMILES string of the molecule is COc1c[c]c(I)cc1Br. The molecule has 10 heavy (non-hydrogen) atoms. The summed E-state index contributed by atoms with van der Waals surface area (Å²) in [6, 6.07) is 6.79. The summed E-state index contributed by atoms with van der Waals surface area (Å²) in [5, 5.41) is 0. The first-order chi connectivity index (χ1) is 4.74. The maximum atomic E-state index is 5.02. The molecule has 0 aliphatic rings. The minimum atomic E-state index is 0.820. The lowest BCUT2D eigenvalue weighted by Gasteiger charge is -2.00. The van der Waals surface area contributed by atoms with E-state index in [2.05, 4.69) is 44.6 Å². The van der Waals surface area contributed by atoms with Crippen LogP contribution in [0.5, 0.6) is 5.75 Å². The van der Waals surface area contributed by atoms with Crippen molar-refractivity contribution in [2.45, 2.75) is 0 Å². The highest BCUT2D eigenvalue weighted by molar-refractivity contribution is 14.1. The molecule has 0 saturated carbocycles. The monoisotopic (exact) mass is 311 g/mol. The third-order valence-electron chi connectivity index (χ3n) is 1.05.